The van der Waals surface area contributed by atoms with E-state index in [9.17, 15) is 4.79 Å². The van der Waals surface area contributed by atoms with Crippen molar-refractivity contribution in [3.63, 3.8) is 0 Å². The van der Waals surface area contributed by atoms with Gasteiger partial charge in [-0.15, -0.1) is 0 Å². The standard InChI is InChI=1S/C18H27N3O/c1-2-19-11-13-20(14-12-19)15-16-5-7-17(8-6-16)18(22)21-9-3-4-10-21/h5-8H,2-4,9-15H2,1H3. The summed E-state index contributed by atoms with van der Waals surface area (Å²) in [5, 5.41) is 0. The van der Waals surface area contributed by atoms with Gasteiger partial charge in [-0.25, -0.2) is 0 Å². The van der Waals surface area contributed by atoms with Crippen molar-refractivity contribution in [2.45, 2.75) is 26.3 Å². The number of likely N-dealkylation sites (N-methyl/N-ethyl adjacent to an activating group) is 1. The molecule has 0 spiro atoms. The maximum Gasteiger partial charge on any atom is 0.253 e. The van der Waals surface area contributed by atoms with Gasteiger partial charge in [-0.1, -0.05) is 19.1 Å². The van der Waals surface area contributed by atoms with Crippen molar-refractivity contribution in [1.82, 2.24) is 14.7 Å². The molecule has 0 aromatic heterocycles. The van der Waals surface area contributed by atoms with Gasteiger partial charge in [-0.2, -0.15) is 0 Å². The molecule has 1 amide bonds. The molecule has 0 atom stereocenters. The lowest BCUT2D eigenvalue weighted by atomic mass is 10.1. The molecule has 2 aliphatic heterocycles. The van der Waals surface area contributed by atoms with E-state index in [2.05, 4.69) is 28.9 Å². The molecule has 0 aliphatic carbocycles. The van der Waals surface area contributed by atoms with Gasteiger partial charge >= 0.3 is 0 Å². The fraction of sp³-hybridized carbons (Fsp3) is 0.611. The van der Waals surface area contributed by atoms with E-state index < -0.39 is 0 Å². The molecule has 2 heterocycles. The third-order valence-electron chi connectivity index (χ3n) is 4.91. The van der Waals surface area contributed by atoms with Crippen LogP contribution in [0.1, 0.15) is 35.7 Å². The van der Waals surface area contributed by atoms with Crippen molar-refractivity contribution >= 4 is 5.91 Å². The number of hydrogen-bond acceptors (Lipinski definition) is 3. The maximum absolute atomic E-state index is 12.3. The summed E-state index contributed by atoms with van der Waals surface area (Å²) in [5.74, 6) is 0.195. The number of benzene rings is 1. The zero-order valence-electron chi connectivity index (χ0n) is 13.6. The van der Waals surface area contributed by atoms with Crippen molar-refractivity contribution in [1.29, 1.82) is 0 Å². The topological polar surface area (TPSA) is 26.8 Å². The fourth-order valence-electron chi connectivity index (χ4n) is 3.38. The Morgan fingerprint density at radius 2 is 1.50 bits per heavy atom. The highest BCUT2D eigenvalue weighted by Gasteiger charge is 2.19. The molecule has 4 nitrogen and oxygen atoms in total. The summed E-state index contributed by atoms with van der Waals surface area (Å²) in [7, 11) is 0. The van der Waals surface area contributed by atoms with Crippen LogP contribution in [0.5, 0.6) is 0 Å². The van der Waals surface area contributed by atoms with Crippen LogP contribution in [0, 0.1) is 0 Å². The fourth-order valence-corrected chi connectivity index (χ4v) is 3.38. The van der Waals surface area contributed by atoms with E-state index in [1.165, 1.54) is 18.7 Å². The number of amides is 1. The highest BCUT2D eigenvalue weighted by atomic mass is 16.2. The van der Waals surface area contributed by atoms with Crippen molar-refractivity contribution < 1.29 is 4.79 Å². The molecule has 0 unspecified atom stereocenters. The van der Waals surface area contributed by atoms with E-state index in [0.29, 0.717) is 0 Å². The smallest absolute Gasteiger partial charge is 0.253 e. The summed E-state index contributed by atoms with van der Waals surface area (Å²) in [6.07, 6.45) is 2.29. The first kappa shape index (κ1) is 15.5. The van der Waals surface area contributed by atoms with Gasteiger partial charge in [-0.05, 0) is 37.1 Å². The predicted molar refractivity (Wildman–Crippen MR) is 89.0 cm³/mol. The van der Waals surface area contributed by atoms with Gasteiger partial charge in [0.05, 0.1) is 0 Å². The Bertz CT molecular complexity index is 486. The second-order valence-corrected chi connectivity index (χ2v) is 6.41. The third kappa shape index (κ3) is 3.68. The van der Waals surface area contributed by atoms with Gasteiger partial charge in [0.1, 0.15) is 0 Å². The van der Waals surface area contributed by atoms with Gasteiger partial charge in [-0.3, -0.25) is 9.69 Å². The number of hydrogen-bond donors (Lipinski definition) is 0. The minimum absolute atomic E-state index is 0.195. The van der Waals surface area contributed by atoms with Crippen molar-refractivity contribution in [3.05, 3.63) is 35.4 Å². The molecule has 0 bridgehead atoms. The molecular weight excluding hydrogens is 274 g/mol. The monoisotopic (exact) mass is 301 g/mol. The molecule has 120 valence electrons. The average molecular weight is 301 g/mol. The molecule has 2 aliphatic rings. The van der Waals surface area contributed by atoms with Gasteiger partial charge < -0.3 is 9.80 Å². The quantitative estimate of drug-likeness (QED) is 0.852. The van der Waals surface area contributed by atoms with Crippen molar-refractivity contribution in [2.75, 3.05) is 45.8 Å². The Kier molecular flexibility index (Phi) is 5.11. The lowest BCUT2D eigenvalue weighted by Gasteiger charge is -2.34. The van der Waals surface area contributed by atoms with Crippen LogP contribution < -0.4 is 0 Å². The lowest BCUT2D eigenvalue weighted by molar-refractivity contribution is 0.0793. The van der Waals surface area contributed by atoms with Crippen LogP contribution in [0.2, 0.25) is 0 Å². The Morgan fingerprint density at radius 3 is 2.09 bits per heavy atom. The van der Waals surface area contributed by atoms with Crippen LogP contribution in [0.15, 0.2) is 24.3 Å². The summed E-state index contributed by atoms with van der Waals surface area (Å²) in [5.41, 5.74) is 2.14. The minimum atomic E-state index is 0.195. The highest BCUT2D eigenvalue weighted by Crippen LogP contribution is 2.15. The molecule has 22 heavy (non-hydrogen) atoms. The molecule has 4 heteroatoms. The Labute approximate surface area is 133 Å². The number of carbonyl (C=O) groups excluding carboxylic acids is 1. The van der Waals surface area contributed by atoms with Crippen LogP contribution in [0.4, 0.5) is 0 Å². The Balaban J connectivity index is 1.54. The second kappa shape index (κ2) is 7.25. The van der Waals surface area contributed by atoms with E-state index in [4.69, 9.17) is 0 Å². The summed E-state index contributed by atoms with van der Waals surface area (Å²) in [4.78, 5) is 19.3. The van der Waals surface area contributed by atoms with Crippen LogP contribution in [0.25, 0.3) is 0 Å². The number of rotatable bonds is 4. The van der Waals surface area contributed by atoms with Crippen molar-refractivity contribution in [2.24, 2.45) is 0 Å². The third-order valence-corrected chi connectivity index (χ3v) is 4.91. The van der Waals surface area contributed by atoms with E-state index >= 15 is 0 Å². The zero-order valence-corrected chi connectivity index (χ0v) is 13.6. The molecule has 1 aromatic rings. The number of piperazine rings is 1. The second-order valence-electron chi connectivity index (χ2n) is 6.41. The average Bonchev–Trinajstić information content (AvgIpc) is 3.10. The van der Waals surface area contributed by atoms with Crippen LogP contribution >= 0.6 is 0 Å². The van der Waals surface area contributed by atoms with E-state index in [-0.39, 0.29) is 5.91 Å². The first-order chi connectivity index (χ1) is 10.8. The molecule has 0 N–H and O–H groups in total. The van der Waals surface area contributed by atoms with Gasteiger partial charge in [0.2, 0.25) is 0 Å². The lowest BCUT2D eigenvalue weighted by Crippen LogP contribution is -2.45. The van der Waals surface area contributed by atoms with E-state index in [0.717, 1.165) is 57.7 Å². The number of nitrogens with zero attached hydrogens (tertiary/aromatic N) is 3. The molecule has 0 saturated carbocycles. The SMILES string of the molecule is CCN1CCN(Cc2ccc(C(=O)N3CCCC3)cc2)CC1. The molecule has 0 radical (unpaired) electrons. The first-order valence-corrected chi connectivity index (χ1v) is 8.59. The zero-order chi connectivity index (χ0) is 15.4. The normalized spacial score (nSPS) is 20.5. The number of carbonyl (C=O) groups is 1. The summed E-state index contributed by atoms with van der Waals surface area (Å²) < 4.78 is 0. The molecule has 2 saturated heterocycles. The highest BCUT2D eigenvalue weighted by molar-refractivity contribution is 5.94. The van der Waals surface area contributed by atoms with Crippen LogP contribution in [-0.2, 0) is 6.54 Å². The summed E-state index contributed by atoms with van der Waals surface area (Å²) >= 11 is 0. The molecular formula is C18H27N3O. The largest absolute Gasteiger partial charge is 0.339 e. The first-order valence-electron chi connectivity index (χ1n) is 8.59. The van der Waals surface area contributed by atoms with Gasteiger partial charge in [0, 0.05) is 51.4 Å². The van der Waals surface area contributed by atoms with Gasteiger partial charge in [0.25, 0.3) is 5.91 Å². The van der Waals surface area contributed by atoms with Crippen LogP contribution in [0.3, 0.4) is 0 Å². The van der Waals surface area contributed by atoms with E-state index in [1.54, 1.807) is 0 Å². The summed E-state index contributed by atoms with van der Waals surface area (Å²) in [6.45, 7) is 10.8. The summed E-state index contributed by atoms with van der Waals surface area (Å²) in [6, 6.07) is 8.24. The molecule has 2 fully saturated rings. The number of likely N-dealkylation sites (tertiary alicyclic amines) is 1. The molecule has 1 aromatic carbocycles. The van der Waals surface area contributed by atoms with Crippen molar-refractivity contribution in [3.8, 4) is 0 Å². The Morgan fingerprint density at radius 1 is 0.909 bits per heavy atom. The molecule has 3 rings (SSSR count). The maximum atomic E-state index is 12.3. The van der Waals surface area contributed by atoms with Crippen LogP contribution in [-0.4, -0.2) is 66.4 Å². The Hall–Kier alpha value is -1.39. The minimum Gasteiger partial charge on any atom is -0.339 e. The van der Waals surface area contributed by atoms with E-state index in [1.807, 2.05) is 17.0 Å². The van der Waals surface area contributed by atoms with Gasteiger partial charge in [0.15, 0.2) is 0 Å². The predicted octanol–water partition coefficient (Wildman–Crippen LogP) is 2.06.